The van der Waals surface area contributed by atoms with Crippen molar-refractivity contribution in [1.82, 2.24) is 0 Å². The number of esters is 1. The first-order valence-corrected chi connectivity index (χ1v) is 7.23. The molecule has 0 heterocycles. The third-order valence-corrected chi connectivity index (χ3v) is 3.27. The molecule has 2 aromatic rings. The second kappa shape index (κ2) is 7.66. The van der Waals surface area contributed by atoms with Crippen LogP contribution < -0.4 is 0 Å². The van der Waals surface area contributed by atoms with Crippen molar-refractivity contribution in [2.45, 2.75) is 0 Å². The van der Waals surface area contributed by atoms with Gasteiger partial charge in [-0.1, -0.05) is 28.1 Å². The molecule has 0 aliphatic heterocycles. The maximum Gasteiger partial charge on any atom is 0.331 e. The molecule has 0 aliphatic carbocycles. The van der Waals surface area contributed by atoms with E-state index in [2.05, 4.69) is 15.9 Å². The first kappa shape index (κ1) is 16.1. The third kappa shape index (κ3) is 4.93. The molecule has 0 saturated heterocycles. The number of halogens is 2. The molecule has 0 fully saturated rings. The Bertz CT molecular complexity index is 708. The minimum Gasteiger partial charge on any atom is -0.454 e. The van der Waals surface area contributed by atoms with E-state index in [1.165, 1.54) is 30.3 Å². The fourth-order valence-electron chi connectivity index (χ4n) is 1.68. The number of carbonyl (C=O) groups excluding carboxylic acids is 2. The molecule has 112 valence electrons. The highest BCUT2D eigenvalue weighted by atomic mass is 79.9. The molecule has 0 spiro atoms. The van der Waals surface area contributed by atoms with E-state index in [0.29, 0.717) is 5.56 Å². The van der Waals surface area contributed by atoms with Gasteiger partial charge in [0.05, 0.1) is 0 Å². The maximum atomic E-state index is 12.7. The van der Waals surface area contributed by atoms with E-state index in [0.717, 1.165) is 10.0 Å². The van der Waals surface area contributed by atoms with E-state index in [9.17, 15) is 14.0 Å². The lowest BCUT2D eigenvalue weighted by molar-refractivity contribution is -0.136. The zero-order valence-corrected chi connectivity index (χ0v) is 13.0. The summed E-state index contributed by atoms with van der Waals surface area (Å²) in [6.07, 6.45) is 2.84. The molecule has 0 aliphatic rings. The van der Waals surface area contributed by atoms with Crippen molar-refractivity contribution in [1.29, 1.82) is 0 Å². The van der Waals surface area contributed by atoms with Crippen molar-refractivity contribution in [3.05, 3.63) is 76.0 Å². The van der Waals surface area contributed by atoms with Gasteiger partial charge < -0.3 is 4.74 Å². The Kier molecular flexibility index (Phi) is 5.61. The van der Waals surface area contributed by atoms with Crippen molar-refractivity contribution in [3.63, 3.8) is 0 Å². The van der Waals surface area contributed by atoms with Crippen LogP contribution in [0.4, 0.5) is 4.39 Å². The summed E-state index contributed by atoms with van der Waals surface area (Å²) in [5.41, 5.74) is 1.13. The predicted octanol–water partition coefficient (Wildman–Crippen LogP) is 4.03. The van der Waals surface area contributed by atoms with Crippen LogP contribution in [0.2, 0.25) is 0 Å². The topological polar surface area (TPSA) is 43.4 Å². The lowest BCUT2D eigenvalue weighted by Gasteiger charge is -2.02. The van der Waals surface area contributed by atoms with Crippen LogP contribution in [0.3, 0.4) is 0 Å². The Hall–Kier alpha value is -2.27. The molecule has 22 heavy (non-hydrogen) atoms. The number of hydrogen-bond acceptors (Lipinski definition) is 3. The number of ketones is 1. The normalized spacial score (nSPS) is 10.6. The minimum absolute atomic E-state index is 0.296. The summed E-state index contributed by atoms with van der Waals surface area (Å²) >= 11 is 3.33. The lowest BCUT2D eigenvalue weighted by atomic mass is 10.1. The van der Waals surface area contributed by atoms with Crippen LogP contribution in [0.5, 0.6) is 0 Å². The molecule has 2 aromatic carbocycles. The predicted molar refractivity (Wildman–Crippen MR) is 84.9 cm³/mol. The van der Waals surface area contributed by atoms with Crippen molar-refractivity contribution in [2.75, 3.05) is 6.61 Å². The lowest BCUT2D eigenvalue weighted by Crippen LogP contribution is -2.12. The summed E-state index contributed by atoms with van der Waals surface area (Å²) in [4.78, 5) is 23.3. The van der Waals surface area contributed by atoms with Crippen molar-refractivity contribution < 1.29 is 18.7 Å². The SMILES string of the molecule is O=C(/C=C/c1cccc(Br)c1)OCC(=O)c1ccc(F)cc1. The number of hydrogen-bond donors (Lipinski definition) is 0. The number of carbonyl (C=O) groups is 2. The van der Waals surface area contributed by atoms with Crippen LogP contribution in [0.1, 0.15) is 15.9 Å². The number of rotatable bonds is 5. The molecule has 0 saturated carbocycles. The van der Waals surface area contributed by atoms with E-state index < -0.39 is 11.8 Å². The standard InChI is InChI=1S/C17H12BrFO3/c18-14-3-1-2-12(10-14)4-9-17(21)22-11-16(20)13-5-7-15(19)8-6-13/h1-10H,11H2/b9-4+. The van der Waals surface area contributed by atoms with E-state index >= 15 is 0 Å². The molecule has 0 bridgehead atoms. The summed E-state index contributed by atoms with van der Waals surface area (Å²) in [7, 11) is 0. The number of benzene rings is 2. The molecule has 3 nitrogen and oxygen atoms in total. The van der Waals surface area contributed by atoms with Crippen LogP contribution in [-0.2, 0) is 9.53 Å². The van der Waals surface area contributed by atoms with Gasteiger partial charge in [-0.25, -0.2) is 9.18 Å². The van der Waals surface area contributed by atoms with Gasteiger partial charge in [0, 0.05) is 16.1 Å². The molecule has 0 atom stereocenters. The van der Waals surface area contributed by atoms with Gasteiger partial charge in [0.2, 0.25) is 0 Å². The van der Waals surface area contributed by atoms with Gasteiger partial charge in [0.1, 0.15) is 5.82 Å². The number of Topliss-reactive ketones (excluding diaryl/α,β-unsaturated/α-hetero) is 1. The molecular weight excluding hydrogens is 351 g/mol. The maximum absolute atomic E-state index is 12.7. The van der Waals surface area contributed by atoms with Gasteiger partial charge >= 0.3 is 5.97 Å². The second-order valence-corrected chi connectivity index (χ2v) is 5.34. The average Bonchev–Trinajstić information content (AvgIpc) is 2.51. The van der Waals surface area contributed by atoms with E-state index in [-0.39, 0.29) is 12.4 Å². The number of ether oxygens (including phenoxy) is 1. The highest BCUT2D eigenvalue weighted by Gasteiger charge is 2.08. The van der Waals surface area contributed by atoms with Crippen molar-refractivity contribution in [3.8, 4) is 0 Å². The molecule has 5 heteroatoms. The summed E-state index contributed by atoms with van der Waals surface area (Å²) in [5.74, 6) is -1.43. The van der Waals surface area contributed by atoms with Crippen LogP contribution in [-0.4, -0.2) is 18.4 Å². The zero-order valence-electron chi connectivity index (χ0n) is 11.5. The Morgan fingerprint density at radius 1 is 1.14 bits per heavy atom. The first-order chi connectivity index (χ1) is 10.5. The molecule has 0 aromatic heterocycles. The van der Waals surface area contributed by atoms with Gasteiger partial charge in [-0.2, -0.15) is 0 Å². The Morgan fingerprint density at radius 3 is 2.55 bits per heavy atom. The summed E-state index contributed by atoms with van der Waals surface area (Å²) in [5, 5.41) is 0. The highest BCUT2D eigenvalue weighted by Crippen LogP contribution is 2.12. The van der Waals surface area contributed by atoms with Gasteiger partial charge in [-0.15, -0.1) is 0 Å². The first-order valence-electron chi connectivity index (χ1n) is 6.44. The largest absolute Gasteiger partial charge is 0.454 e. The minimum atomic E-state index is -0.615. The van der Waals surface area contributed by atoms with Crippen LogP contribution >= 0.6 is 15.9 Å². The van der Waals surface area contributed by atoms with E-state index in [4.69, 9.17) is 4.74 Å². The van der Waals surface area contributed by atoms with Gasteiger partial charge in [-0.3, -0.25) is 4.79 Å². The van der Waals surface area contributed by atoms with Gasteiger partial charge in [0.15, 0.2) is 12.4 Å². The molecular formula is C17H12BrFO3. The Morgan fingerprint density at radius 2 is 1.86 bits per heavy atom. The van der Waals surface area contributed by atoms with Crippen LogP contribution in [0, 0.1) is 5.82 Å². The molecule has 0 unspecified atom stereocenters. The highest BCUT2D eigenvalue weighted by molar-refractivity contribution is 9.10. The smallest absolute Gasteiger partial charge is 0.331 e. The molecule has 0 amide bonds. The average molecular weight is 363 g/mol. The Labute approximate surface area is 135 Å². The summed E-state index contributed by atoms with van der Waals surface area (Å²) in [6, 6.07) is 12.5. The van der Waals surface area contributed by atoms with Crippen LogP contribution in [0.25, 0.3) is 6.08 Å². The monoisotopic (exact) mass is 362 g/mol. The summed E-state index contributed by atoms with van der Waals surface area (Å²) < 4.78 is 18.5. The van der Waals surface area contributed by atoms with Crippen molar-refractivity contribution >= 4 is 33.8 Å². The van der Waals surface area contributed by atoms with Gasteiger partial charge in [-0.05, 0) is 48.0 Å². The molecule has 0 radical (unpaired) electrons. The quantitative estimate of drug-likeness (QED) is 0.458. The molecule has 0 N–H and O–H groups in total. The van der Waals surface area contributed by atoms with Crippen molar-refractivity contribution in [2.24, 2.45) is 0 Å². The van der Waals surface area contributed by atoms with E-state index in [1.807, 2.05) is 24.3 Å². The third-order valence-electron chi connectivity index (χ3n) is 2.77. The fraction of sp³-hybridized carbons (Fsp3) is 0.0588. The van der Waals surface area contributed by atoms with Gasteiger partial charge in [0.25, 0.3) is 0 Å². The summed E-state index contributed by atoms with van der Waals surface area (Å²) in [6.45, 7) is -0.382. The van der Waals surface area contributed by atoms with E-state index in [1.54, 1.807) is 6.08 Å². The Balaban J connectivity index is 1.87. The fourth-order valence-corrected chi connectivity index (χ4v) is 2.10. The second-order valence-electron chi connectivity index (χ2n) is 4.43. The zero-order chi connectivity index (χ0) is 15.9. The molecule has 2 rings (SSSR count). The van der Waals surface area contributed by atoms with Crippen LogP contribution in [0.15, 0.2) is 59.1 Å².